The Labute approximate surface area is 127 Å². The number of hydrogen-bond acceptors (Lipinski definition) is 5. The number of para-hydroxylation sites is 2. The molecule has 1 aliphatic carbocycles. The van der Waals surface area contributed by atoms with Crippen molar-refractivity contribution >= 4 is 28.8 Å². The number of rotatable bonds is 6. The van der Waals surface area contributed by atoms with E-state index in [4.69, 9.17) is 4.42 Å². The molecule has 112 valence electrons. The highest BCUT2D eigenvalue weighted by atomic mass is 32.2. The van der Waals surface area contributed by atoms with Crippen LogP contribution in [-0.2, 0) is 4.79 Å². The number of nitrogens with zero attached hydrogens (tertiary/aromatic N) is 2. The van der Waals surface area contributed by atoms with E-state index in [-0.39, 0.29) is 11.7 Å². The van der Waals surface area contributed by atoms with Crippen LogP contribution in [0.4, 0.5) is 0 Å². The van der Waals surface area contributed by atoms with Gasteiger partial charge in [0.15, 0.2) is 5.58 Å². The van der Waals surface area contributed by atoms with E-state index in [9.17, 15) is 9.90 Å². The van der Waals surface area contributed by atoms with Crippen molar-refractivity contribution in [3.05, 3.63) is 24.3 Å². The number of aliphatic hydroxyl groups is 1. The predicted molar refractivity (Wildman–Crippen MR) is 81.1 cm³/mol. The number of fused-ring (bicyclic) bond motifs is 1. The molecule has 21 heavy (non-hydrogen) atoms. The van der Waals surface area contributed by atoms with Gasteiger partial charge in [-0.2, -0.15) is 0 Å². The summed E-state index contributed by atoms with van der Waals surface area (Å²) < 4.78 is 5.56. The van der Waals surface area contributed by atoms with Crippen LogP contribution in [0.2, 0.25) is 0 Å². The molecule has 0 bridgehead atoms. The van der Waals surface area contributed by atoms with Crippen molar-refractivity contribution in [2.24, 2.45) is 5.92 Å². The SMILES string of the molecule is CN(CC(O)C1CC1)C(=O)CSc1nc2ccccc2o1. The van der Waals surface area contributed by atoms with Gasteiger partial charge in [0.1, 0.15) is 5.52 Å². The summed E-state index contributed by atoms with van der Waals surface area (Å²) in [6.45, 7) is 0.400. The first-order chi connectivity index (χ1) is 10.1. The Hall–Kier alpha value is -1.53. The third-order valence-electron chi connectivity index (χ3n) is 3.65. The molecule has 3 rings (SSSR count). The number of thioether (sulfide) groups is 1. The first-order valence-electron chi connectivity index (χ1n) is 7.04. The Balaban J connectivity index is 1.52. The van der Waals surface area contributed by atoms with E-state index >= 15 is 0 Å². The zero-order valence-electron chi connectivity index (χ0n) is 11.9. The van der Waals surface area contributed by atoms with Crippen LogP contribution in [0, 0.1) is 5.92 Å². The van der Waals surface area contributed by atoms with Gasteiger partial charge in [0.2, 0.25) is 5.91 Å². The van der Waals surface area contributed by atoms with Crippen LogP contribution in [-0.4, -0.2) is 46.3 Å². The summed E-state index contributed by atoms with van der Waals surface area (Å²) in [4.78, 5) is 17.9. The van der Waals surface area contributed by atoms with Crippen LogP contribution in [0.15, 0.2) is 33.9 Å². The minimum atomic E-state index is -0.395. The molecule has 1 aromatic carbocycles. The van der Waals surface area contributed by atoms with Crippen LogP contribution >= 0.6 is 11.8 Å². The van der Waals surface area contributed by atoms with Crippen LogP contribution in [0.5, 0.6) is 0 Å². The topological polar surface area (TPSA) is 66.6 Å². The van der Waals surface area contributed by atoms with Gasteiger partial charge in [-0.1, -0.05) is 23.9 Å². The number of carbonyl (C=O) groups is 1. The molecule has 1 atom stereocenters. The Morgan fingerprint density at radius 2 is 2.29 bits per heavy atom. The largest absolute Gasteiger partial charge is 0.431 e. The number of aromatic nitrogens is 1. The number of aliphatic hydroxyl groups excluding tert-OH is 1. The highest BCUT2D eigenvalue weighted by Gasteiger charge is 2.31. The van der Waals surface area contributed by atoms with Crippen molar-refractivity contribution < 1.29 is 14.3 Å². The van der Waals surface area contributed by atoms with Gasteiger partial charge in [-0.05, 0) is 30.9 Å². The highest BCUT2D eigenvalue weighted by Crippen LogP contribution is 2.32. The molecule has 6 heteroatoms. The van der Waals surface area contributed by atoms with Gasteiger partial charge in [0.25, 0.3) is 5.22 Å². The molecule has 5 nitrogen and oxygen atoms in total. The van der Waals surface area contributed by atoms with Crippen LogP contribution < -0.4 is 0 Å². The minimum Gasteiger partial charge on any atom is -0.431 e. The monoisotopic (exact) mass is 306 g/mol. The number of likely N-dealkylation sites (N-methyl/N-ethyl adjacent to an activating group) is 1. The molecule has 2 aromatic rings. The second-order valence-electron chi connectivity index (χ2n) is 5.42. The fraction of sp³-hybridized carbons (Fsp3) is 0.467. The number of amides is 1. The third kappa shape index (κ3) is 3.57. The van der Waals surface area contributed by atoms with Crippen LogP contribution in [0.1, 0.15) is 12.8 Å². The fourth-order valence-corrected chi connectivity index (χ4v) is 2.94. The lowest BCUT2D eigenvalue weighted by Gasteiger charge is -2.20. The Morgan fingerprint density at radius 3 is 3.00 bits per heavy atom. The number of benzene rings is 1. The second kappa shape index (κ2) is 6.07. The molecule has 0 saturated heterocycles. The van der Waals surface area contributed by atoms with Crippen molar-refractivity contribution in [1.29, 1.82) is 0 Å². The Morgan fingerprint density at radius 1 is 1.52 bits per heavy atom. The quantitative estimate of drug-likeness (QED) is 0.828. The maximum absolute atomic E-state index is 12.0. The van der Waals surface area contributed by atoms with Crippen molar-refractivity contribution in [1.82, 2.24) is 9.88 Å². The van der Waals surface area contributed by atoms with E-state index in [0.717, 1.165) is 23.9 Å². The van der Waals surface area contributed by atoms with Gasteiger partial charge in [0.05, 0.1) is 11.9 Å². The van der Waals surface area contributed by atoms with E-state index in [1.807, 2.05) is 24.3 Å². The van der Waals surface area contributed by atoms with Crippen LogP contribution in [0.3, 0.4) is 0 Å². The van der Waals surface area contributed by atoms with Gasteiger partial charge in [0, 0.05) is 13.6 Å². The van der Waals surface area contributed by atoms with Gasteiger partial charge < -0.3 is 14.4 Å². The predicted octanol–water partition coefficient (Wildman–Crippen LogP) is 2.15. The molecule has 1 aliphatic rings. The number of carbonyl (C=O) groups excluding carboxylic acids is 1. The summed E-state index contributed by atoms with van der Waals surface area (Å²) in [6.07, 6.45) is 1.75. The molecular weight excluding hydrogens is 288 g/mol. The molecule has 1 fully saturated rings. The van der Waals surface area contributed by atoms with E-state index in [1.165, 1.54) is 11.8 Å². The van der Waals surface area contributed by atoms with E-state index in [0.29, 0.717) is 17.7 Å². The first-order valence-corrected chi connectivity index (χ1v) is 8.02. The molecule has 0 spiro atoms. The summed E-state index contributed by atoms with van der Waals surface area (Å²) in [6, 6.07) is 7.52. The third-order valence-corrected chi connectivity index (χ3v) is 4.46. The van der Waals surface area contributed by atoms with Gasteiger partial charge >= 0.3 is 0 Å². The van der Waals surface area contributed by atoms with Gasteiger partial charge in [-0.25, -0.2) is 4.98 Å². The summed E-state index contributed by atoms with van der Waals surface area (Å²) >= 11 is 1.28. The second-order valence-corrected chi connectivity index (χ2v) is 6.34. The lowest BCUT2D eigenvalue weighted by atomic mass is 10.2. The lowest BCUT2D eigenvalue weighted by molar-refractivity contribution is -0.128. The van der Waals surface area contributed by atoms with Gasteiger partial charge in [-0.15, -0.1) is 0 Å². The maximum atomic E-state index is 12.0. The normalized spacial score (nSPS) is 16.1. The zero-order valence-corrected chi connectivity index (χ0v) is 12.7. The zero-order chi connectivity index (χ0) is 14.8. The molecule has 0 aliphatic heterocycles. The number of hydrogen-bond donors (Lipinski definition) is 1. The Kier molecular flexibility index (Phi) is 4.17. The van der Waals surface area contributed by atoms with E-state index < -0.39 is 6.10 Å². The maximum Gasteiger partial charge on any atom is 0.257 e. The smallest absolute Gasteiger partial charge is 0.257 e. The van der Waals surface area contributed by atoms with Crippen molar-refractivity contribution in [3.63, 3.8) is 0 Å². The van der Waals surface area contributed by atoms with E-state index in [2.05, 4.69) is 4.98 Å². The van der Waals surface area contributed by atoms with Crippen LogP contribution in [0.25, 0.3) is 11.1 Å². The molecule has 1 amide bonds. The molecular formula is C15H18N2O3S. The van der Waals surface area contributed by atoms with Crippen molar-refractivity contribution in [3.8, 4) is 0 Å². The van der Waals surface area contributed by atoms with Crippen molar-refractivity contribution in [2.45, 2.75) is 24.2 Å². The average Bonchev–Trinajstić information content (AvgIpc) is 3.24. The van der Waals surface area contributed by atoms with E-state index in [1.54, 1.807) is 11.9 Å². The molecule has 1 saturated carbocycles. The van der Waals surface area contributed by atoms with Gasteiger partial charge in [-0.3, -0.25) is 4.79 Å². The summed E-state index contributed by atoms with van der Waals surface area (Å²) in [7, 11) is 1.72. The molecule has 1 aromatic heterocycles. The summed E-state index contributed by atoms with van der Waals surface area (Å²) in [5, 5.41) is 10.4. The highest BCUT2D eigenvalue weighted by molar-refractivity contribution is 7.99. The standard InChI is InChI=1S/C15H18N2O3S/c1-17(8-12(18)10-6-7-10)14(19)9-21-15-16-11-4-2-3-5-13(11)20-15/h2-5,10,12,18H,6-9H2,1H3. The average molecular weight is 306 g/mol. The molecule has 1 unspecified atom stereocenters. The summed E-state index contributed by atoms with van der Waals surface area (Å²) in [5.41, 5.74) is 1.52. The van der Waals surface area contributed by atoms with Crippen molar-refractivity contribution in [2.75, 3.05) is 19.3 Å². The number of oxazole rings is 1. The minimum absolute atomic E-state index is 0.0260. The summed E-state index contributed by atoms with van der Waals surface area (Å²) in [5.74, 6) is 0.618. The molecule has 1 N–H and O–H groups in total. The molecule has 1 heterocycles. The molecule has 0 radical (unpaired) electrons. The Bertz CT molecular complexity index is 606. The fourth-order valence-electron chi connectivity index (χ4n) is 2.16. The first kappa shape index (κ1) is 14.4. The lowest BCUT2D eigenvalue weighted by Crippen LogP contribution is -2.36.